The molecule has 0 atom stereocenters. The maximum absolute atomic E-state index is 13.2. The third-order valence-corrected chi connectivity index (χ3v) is 3.53. The molecule has 0 bridgehead atoms. The van der Waals surface area contributed by atoms with Crippen molar-refractivity contribution in [2.75, 3.05) is 6.61 Å². The first-order valence-electron chi connectivity index (χ1n) is 7.37. The molecular formula is C16H11F6N3O. The zero-order valence-electron chi connectivity index (χ0n) is 13.2. The maximum atomic E-state index is 13.2. The summed E-state index contributed by atoms with van der Waals surface area (Å²) in [5.74, 6) is -0.471. The molecule has 3 rings (SSSR count). The zero-order chi connectivity index (χ0) is 19.1. The Morgan fingerprint density at radius 3 is 2.35 bits per heavy atom. The quantitative estimate of drug-likeness (QED) is 0.616. The van der Waals surface area contributed by atoms with Crippen molar-refractivity contribution in [1.29, 1.82) is 0 Å². The Labute approximate surface area is 143 Å². The van der Waals surface area contributed by atoms with Crippen LogP contribution in [0.1, 0.15) is 18.2 Å². The fourth-order valence-electron chi connectivity index (χ4n) is 2.45. The van der Waals surface area contributed by atoms with Gasteiger partial charge in [-0.25, -0.2) is 9.50 Å². The van der Waals surface area contributed by atoms with Crippen LogP contribution in [0.2, 0.25) is 0 Å². The molecule has 138 valence electrons. The molecule has 0 radical (unpaired) electrons. The number of rotatable bonds is 3. The fourth-order valence-corrected chi connectivity index (χ4v) is 2.45. The first kappa shape index (κ1) is 18.0. The molecule has 2 aromatic heterocycles. The van der Waals surface area contributed by atoms with Crippen LogP contribution in [-0.4, -0.2) is 21.2 Å². The summed E-state index contributed by atoms with van der Waals surface area (Å²) in [5.41, 5.74) is -2.24. The number of hydrogen-bond donors (Lipinski definition) is 0. The van der Waals surface area contributed by atoms with Crippen LogP contribution in [0.3, 0.4) is 0 Å². The Kier molecular flexibility index (Phi) is 4.29. The van der Waals surface area contributed by atoms with Crippen molar-refractivity contribution in [3.63, 3.8) is 0 Å². The Balaban J connectivity index is 2.19. The van der Waals surface area contributed by atoms with Gasteiger partial charge in [-0.05, 0) is 25.1 Å². The van der Waals surface area contributed by atoms with Gasteiger partial charge in [-0.3, -0.25) is 0 Å². The van der Waals surface area contributed by atoms with Crippen molar-refractivity contribution < 1.29 is 31.1 Å². The molecule has 1 aromatic carbocycles. The fraction of sp³-hybridized carbons (Fsp3) is 0.250. The van der Waals surface area contributed by atoms with Gasteiger partial charge in [0.2, 0.25) is 0 Å². The van der Waals surface area contributed by atoms with E-state index in [0.717, 1.165) is 30.5 Å². The third kappa shape index (κ3) is 3.31. The smallest absolute Gasteiger partial charge is 0.433 e. The molecule has 10 heteroatoms. The van der Waals surface area contributed by atoms with E-state index in [1.165, 1.54) is 13.0 Å². The monoisotopic (exact) mass is 375 g/mol. The molecule has 0 saturated heterocycles. The summed E-state index contributed by atoms with van der Waals surface area (Å²) < 4.78 is 84.5. The van der Waals surface area contributed by atoms with Crippen LogP contribution in [0.5, 0.6) is 5.75 Å². The summed E-state index contributed by atoms with van der Waals surface area (Å²) in [4.78, 5) is 4.04. The van der Waals surface area contributed by atoms with Crippen LogP contribution < -0.4 is 4.74 Å². The lowest BCUT2D eigenvalue weighted by Gasteiger charge is -2.15. The number of nitrogens with zero attached hydrogens (tertiary/aromatic N) is 3. The van der Waals surface area contributed by atoms with E-state index in [1.807, 2.05) is 0 Å². The van der Waals surface area contributed by atoms with Crippen molar-refractivity contribution in [3.8, 4) is 17.0 Å². The highest BCUT2D eigenvalue weighted by atomic mass is 19.4. The zero-order valence-corrected chi connectivity index (χ0v) is 13.2. The number of benzene rings is 1. The average molecular weight is 375 g/mol. The summed E-state index contributed by atoms with van der Waals surface area (Å²) in [6.07, 6.45) is -8.21. The minimum atomic E-state index is -4.71. The van der Waals surface area contributed by atoms with Crippen LogP contribution in [0.4, 0.5) is 26.3 Å². The second-order valence-electron chi connectivity index (χ2n) is 5.27. The van der Waals surface area contributed by atoms with E-state index in [2.05, 4.69) is 10.1 Å². The molecule has 0 saturated carbocycles. The van der Waals surface area contributed by atoms with Crippen LogP contribution in [0.15, 0.2) is 36.5 Å². The van der Waals surface area contributed by atoms with Crippen LogP contribution in [0, 0.1) is 0 Å². The van der Waals surface area contributed by atoms with Gasteiger partial charge in [0.15, 0.2) is 11.3 Å². The van der Waals surface area contributed by atoms with E-state index in [1.54, 1.807) is 0 Å². The largest absolute Gasteiger partial charge is 0.493 e. The summed E-state index contributed by atoms with van der Waals surface area (Å²) in [7, 11) is 0. The molecule has 0 aliphatic heterocycles. The second kappa shape index (κ2) is 6.19. The molecule has 4 nitrogen and oxygen atoms in total. The first-order valence-corrected chi connectivity index (χ1v) is 7.37. The molecule has 26 heavy (non-hydrogen) atoms. The van der Waals surface area contributed by atoms with Crippen molar-refractivity contribution >= 4 is 5.65 Å². The minimum Gasteiger partial charge on any atom is -0.493 e. The molecular weight excluding hydrogens is 364 g/mol. The Hall–Kier alpha value is -2.78. The topological polar surface area (TPSA) is 39.4 Å². The van der Waals surface area contributed by atoms with Crippen molar-refractivity contribution in [3.05, 3.63) is 47.8 Å². The van der Waals surface area contributed by atoms with Gasteiger partial charge < -0.3 is 4.74 Å². The molecule has 0 unspecified atom stereocenters. The third-order valence-electron chi connectivity index (χ3n) is 3.53. The van der Waals surface area contributed by atoms with E-state index in [4.69, 9.17) is 4.74 Å². The van der Waals surface area contributed by atoms with Crippen LogP contribution in [0.25, 0.3) is 16.9 Å². The van der Waals surface area contributed by atoms with Crippen molar-refractivity contribution in [2.45, 2.75) is 19.3 Å². The lowest BCUT2D eigenvalue weighted by molar-refractivity contribution is -0.142. The summed E-state index contributed by atoms with van der Waals surface area (Å²) >= 11 is 0. The predicted octanol–water partition coefficient (Wildman–Crippen LogP) is 4.83. The van der Waals surface area contributed by atoms with Crippen molar-refractivity contribution in [2.24, 2.45) is 0 Å². The highest BCUT2D eigenvalue weighted by Gasteiger charge is 2.36. The Bertz CT molecular complexity index is 945. The second-order valence-corrected chi connectivity index (χ2v) is 5.27. The van der Waals surface area contributed by atoms with Gasteiger partial charge in [-0.1, -0.05) is 6.07 Å². The molecule has 3 aromatic rings. The van der Waals surface area contributed by atoms with Crippen molar-refractivity contribution in [1.82, 2.24) is 14.6 Å². The van der Waals surface area contributed by atoms with E-state index in [0.29, 0.717) is 4.52 Å². The number of alkyl halides is 6. The molecule has 2 heterocycles. The highest BCUT2D eigenvalue weighted by Crippen LogP contribution is 2.39. The van der Waals surface area contributed by atoms with Crippen LogP contribution in [-0.2, 0) is 12.4 Å². The normalized spacial score (nSPS) is 12.6. The van der Waals surface area contributed by atoms with Gasteiger partial charge in [0, 0.05) is 11.6 Å². The number of fused-ring (bicyclic) bond motifs is 1. The lowest BCUT2D eigenvalue weighted by Crippen LogP contribution is -2.13. The Morgan fingerprint density at radius 2 is 1.73 bits per heavy atom. The van der Waals surface area contributed by atoms with Crippen LogP contribution >= 0.6 is 0 Å². The van der Waals surface area contributed by atoms with Gasteiger partial charge in [0.25, 0.3) is 0 Å². The average Bonchev–Trinajstić information content (AvgIpc) is 3.00. The predicted molar refractivity (Wildman–Crippen MR) is 79.6 cm³/mol. The first-order chi connectivity index (χ1) is 12.1. The van der Waals surface area contributed by atoms with Gasteiger partial charge in [0.05, 0.1) is 24.1 Å². The molecule has 0 aliphatic carbocycles. The van der Waals surface area contributed by atoms with Gasteiger partial charge in [-0.2, -0.15) is 31.4 Å². The van der Waals surface area contributed by atoms with Gasteiger partial charge in [0.1, 0.15) is 5.75 Å². The molecule has 0 fully saturated rings. The van der Waals surface area contributed by atoms with Gasteiger partial charge in [-0.15, -0.1) is 0 Å². The molecule has 0 amide bonds. The summed E-state index contributed by atoms with van der Waals surface area (Å²) in [6.45, 7) is 1.47. The van der Waals surface area contributed by atoms with E-state index >= 15 is 0 Å². The standard InChI is InChI=1S/C16H11F6N3O/c1-2-26-12-7-9(3-4-10(12)15(17,18)19)11-8-13(16(20,21)22)25-14(24-11)5-6-23-25/h3-8H,2H2,1H3. The van der Waals surface area contributed by atoms with E-state index in [-0.39, 0.29) is 23.5 Å². The summed E-state index contributed by atoms with van der Waals surface area (Å²) in [6, 6.07) is 4.85. The maximum Gasteiger partial charge on any atom is 0.433 e. The van der Waals surface area contributed by atoms with E-state index < -0.39 is 29.4 Å². The minimum absolute atomic E-state index is 0.0323. The van der Waals surface area contributed by atoms with Gasteiger partial charge >= 0.3 is 12.4 Å². The molecule has 0 aliphatic rings. The number of halogens is 6. The lowest BCUT2D eigenvalue weighted by atomic mass is 10.1. The summed E-state index contributed by atoms with van der Waals surface area (Å²) in [5, 5.41) is 3.57. The number of hydrogen-bond acceptors (Lipinski definition) is 3. The highest BCUT2D eigenvalue weighted by molar-refractivity contribution is 5.65. The molecule has 0 N–H and O–H groups in total. The molecule has 0 spiro atoms. The Morgan fingerprint density at radius 1 is 1.00 bits per heavy atom. The SMILES string of the molecule is CCOc1cc(-c2cc(C(F)(F)F)n3nccc3n2)ccc1C(F)(F)F. The van der Waals surface area contributed by atoms with E-state index in [9.17, 15) is 26.3 Å². The number of ether oxygens (including phenoxy) is 1. The number of aromatic nitrogens is 3.